The molecule has 8 heteroatoms. The number of morpholine rings is 1. The number of hydrogen-bond acceptors (Lipinski definition) is 5. The van der Waals surface area contributed by atoms with Crippen LogP contribution in [-0.4, -0.2) is 51.0 Å². The molecule has 1 fully saturated rings. The number of benzene rings is 3. The normalized spacial score (nSPS) is 16.4. The first kappa shape index (κ1) is 24.4. The van der Waals surface area contributed by atoms with Gasteiger partial charge in [-0.25, -0.2) is 0 Å². The predicted octanol–water partition coefficient (Wildman–Crippen LogP) is 3.42. The van der Waals surface area contributed by atoms with Crippen LogP contribution in [0.4, 0.5) is 0 Å². The van der Waals surface area contributed by atoms with Crippen molar-refractivity contribution in [2.75, 3.05) is 13.2 Å². The highest BCUT2D eigenvalue weighted by molar-refractivity contribution is 5.94. The molecule has 0 aliphatic carbocycles. The first-order valence-corrected chi connectivity index (χ1v) is 12.4. The van der Waals surface area contributed by atoms with Crippen molar-refractivity contribution >= 4 is 11.8 Å². The third-order valence-electron chi connectivity index (χ3n) is 6.40. The fraction of sp³-hybridized carbons (Fsp3) is 0.241. The maximum Gasteiger partial charge on any atom is 0.251 e. The zero-order valence-corrected chi connectivity index (χ0v) is 20.4. The molecule has 188 valence electrons. The van der Waals surface area contributed by atoms with Gasteiger partial charge in [0.05, 0.1) is 38.0 Å². The van der Waals surface area contributed by atoms with E-state index in [-0.39, 0.29) is 30.5 Å². The molecular formula is C29H29N5O3. The molecule has 2 amide bonds. The van der Waals surface area contributed by atoms with Gasteiger partial charge in [0.1, 0.15) is 12.3 Å². The minimum absolute atomic E-state index is 0.0577. The van der Waals surface area contributed by atoms with Gasteiger partial charge in [-0.3, -0.25) is 14.3 Å². The van der Waals surface area contributed by atoms with Crippen LogP contribution in [0.1, 0.15) is 33.2 Å². The molecule has 0 radical (unpaired) electrons. The molecule has 8 nitrogen and oxygen atoms in total. The van der Waals surface area contributed by atoms with E-state index in [4.69, 9.17) is 4.74 Å². The zero-order chi connectivity index (χ0) is 25.5. The van der Waals surface area contributed by atoms with Crippen LogP contribution in [0.25, 0.3) is 0 Å². The van der Waals surface area contributed by atoms with Crippen LogP contribution in [0.5, 0.6) is 0 Å². The van der Waals surface area contributed by atoms with E-state index in [0.717, 1.165) is 11.1 Å². The lowest BCUT2D eigenvalue weighted by atomic mass is 10.0. The SMILES string of the molecule is O=C(N[C@@H](Cc1ccccc1)Cn1cc(CN2C(=O)COC[C@H]2c2ccccc2)nn1)c1ccccc1. The molecule has 1 aromatic heterocycles. The molecule has 2 atom stereocenters. The van der Waals surface area contributed by atoms with Crippen molar-refractivity contribution in [3.63, 3.8) is 0 Å². The maximum atomic E-state index is 12.9. The summed E-state index contributed by atoms with van der Waals surface area (Å²) in [6.07, 6.45) is 2.49. The average Bonchev–Trinajstić information content (AvgIpc) is 3.38. The molecule has 5 rings (SSSR count). The van der Waals surface area contributed by atoms with Crippen LogP contribution in [-0.2, 0) is 29.0 Å². The quantitative estimate of drug-likeness (QED) is 0.384. The van der Waals surface area contributed by atoms with Crippen LogP contribution in [0.2, 0.25) is 0 Å². The molecule has 3 aromatic carbocycles. The topological polar surface area (TPSA) is 89.4 Å². The van der Waals surface area contributed by atoms with Crippen molar-refractivity contribution in [2.24, 2.45) is 0 Å². The minimum atomic E-state index is -0.202. The van der Waals surface area contributed by atoms with E-state index in [0.29, 0.717) is 37.4 Å². The zero-order valence-electron chi connectivity index (χ0n) is 20.4. The van der Waals surface area contributed by atoms with Gasteiger partial charge in [0, 0.05) is 5.56 Å². The second kappa shape index (κ2) is 11.6. The monoisotopic (exact) mass is 495 g/mol. The molecular weight excluding hydrogens is 466 g/mol. The van der Waals surface area contributed by atoms with Crippen molar-refractivity contribution in [2.45, 2.75) is 31.6 Å². The van der Waals surface area contributed by atoms with Gasteiger partial charge in [-0.05, 0) is 29.7 Å². The highest BCUT2D eigenvalue weighted by Crippen LogP contribution is 2.26. The standard InChI is InChI=1S/C29H29N5O3/c35-28-21-37-20-27(23-12-6-2-7-13-23)34(28)19-26-18-33(32-31-26)17-25(16-22-10-4-1-5-11-22)30-29(36)24-14-8-3-9-15-24/h1-15,18,25,27H,16-17,19-21H2,(H,30,36)/t25-,27-/m0/s1. The Labute approximate surface area is 215 Å². The van der Waals surface area contributed by atoms with E-state index in [9.17, 15) is 9.59 Å². The fourth-order valence-electron chi connectivity index (χ4n) is 4.57. The van der Waals surface area contributed by atoms with Gasteiger partial charge in [0.2, 0.25) is 5.91 Å². The lowest BCUT2D eigenvalue weighted by Crippen LogP contribution is -2.43. The number of nitrogens with zero attached hydrogens (tertiary/aromatic N) is 4. The van der Waals surface area contributed by atoms with E-state index in [1.54, 1.807) is 21.7 Å². The number of carbonyl (C=O) groups excluding carboxylic acids is 2. The number of nitrogens with one attached hydrogen (secondary N) is 1. The second-order valence-corrected chi connectivity index (χ2v) is 9.12. The maximum absolute atomic E-state index is 12.9. The van der Waals surface area contributed by atoms with Crippen molar-refractivity contribution in [1.29, 1.82) is 0 Å². The molecule has 1 aliphatic heterocycles. The number of amides is 2. The average molecular weight is 496 g/mol. The Balaban J connectivity index is 1.30. The summed E-state index contributed by atoms with van der Waals surface area (Å²) < 4.78 is 7.26. The Morgan fingerprint density at radius 2 is 1.65 bits per heavy atom. The summed E-state index contributed by atoms with van der Waals surface area (Å²) in [5.41, 5.74) is 3.43. The van der Waals surface area contributed by atoms with Crippen molar-refractivity contribution in [3.8, 4) is 0 Å². The van der Waals surface area contributed by atoms with Gasteiger partial charge in [0.25, 0.3) is 5.91 Å². The predicted molar refractivity (Wildman–Crippen MR) is 138 cm³/mol. The molecule has 0 saturated carbocycles. The summed E-state index contributed by atoms with van der Waals surface area (Å²) in [6, 6.07) is 28.7. The molecule has 2 heterocycles. The van der Waals surface area contributed by atoms with E-state index < -0.39 is 0 Å². The first-order chi connectivity index (χ1) is 18.2. The Morgan fingerprint density at radius 1 is 0.973 bits per heavy atom. The molecule has 1 aliphatic rings. The lowest BCUT2D eigenvalue weighted by Gasteiger charge is -2.35. The summed E-state index contributed by atoms with van der Waals surface area (Å²) in [4.78, 5) is 27.4. The van der Waals surface area contributed by atoms with Gasteiger partial charge in [0.15, 0.2) is 0 Å². The molecule has 1 N–H and O–H groups in total. The van der Waals surface area contributed by atoms with E-state index >= 15 is 0 Å². The van der Waals surface area contributed by atoms with Gasteiger partial charge in [-0.15, -0.1) is 5.10 Å². The van der Waals surface area contributed by atoms with E-state index in [1.807, 2.05) is 85.1 Å². The Kier molecular flexibility index (Phi) is 7.66. The third-order valence-corrected chi connectivity index (χ3v) is 6.40. The summed E-state index contributed by atoms with van der Waals surface area (Å²) in [5.74, 6) is -0.210. The number of rotatable bonds is 9. The van der Waals surface area contributed by atoms with Crippen LogP contribution in [0.3, 0.4) is 0 Å². The van der Waals surface area contributed by atoms with E-state index in [2.05, 4.69) is 15.6 Å². The molecule has 0 bridgehead atoms. The number of ether oxygens (including phenoxy) is 1. The lowest BCUT2D eigenvalue weighted by molar-refractivity contribution is -0.149. The van der Waals surface area contributed by atoms with Crippen LogP contribution in [0, 0.1) is 0 Å². The molecule has 4 aromatic rings. The Hall–Kier alpha value is -4.30. The molecule has 0 unspecified atom stereocenters. The largest absolute Gasteiger partial charge is 0.369 e. The summed E-state index contributed by atoms with van der Waals surface area (Å²) in [5, 5.41) is 11.8. The molecule has 1 saturated heterocycles. The number of hydrogen-bond donors (Lipinski definition) is 1. The number of carbonyl (C=O) groups is 2. The molecule has 0 spiro atoms. The third kappa shape index (κ3) is 6.29. The summed E-state index contributed by atoms with van der Waals surface area (Å²) >= 11 is 0. The fourth-order valence-corrected chi connectivity index (χ4v) is 4.57. The smallest absolute Gasteiger partial charge is 0.251 e. The van der Waals surface area contributed by atoms with Gasteiger partial charge in [-0.1, -0.05) is 84.1 Å². The van der Waals surface area contributed by atoms with Crippen LogP contribution in [0.15, 0.2) is 97.2 Å². The van der Waals surface area contributed by atoms with Gasteiger partial charge < -0.3 is 15.0 Å². The highest BCUT2D eigenvalue weighted by Gasteiger charge is 2.30. The van der Waals surface area contributed by atoms with Crippen molar-refractivity contribution in [3.05, 3.63) is 120 Å². The van der Waals surface area contributed by atoms with E-state index in [1.165, 1.54) is 0 Å². The molecule has 37 heavy (non-hydrogen) atoms. The minimum Gasteiger partial charge on any atom is -0.369 e. The van der Waals surface area contributed by atoms with Crippen LogP contribution >= 0.6 is 0 Å². The van der Waals surface area contributed by atoms with Gasteiger partial charge in [-0.2, -0.15) is 0 Å². The van der Waals surface area contributed by atoms with Crippen molar-refractivity contribution in [1.82, 2.24) is 25.2 Å². The van der Waals surface area contributed by atoms with Gasteiger partial charge >= 0.3 is 0 Å². The Bertz CT molecular complexity index is 1310. The highest BCUT2D eigenvalue weighted by atomic mass is 16.5. The second-order valence-electron chi connectivity index (χ2n) is 9.12. The first-order valence-electron chi connectivity index (χ1n) is 12.4. The summed E-state index contributed by atoms with van der Waals surface area (Å²) in [6.45, 7) is 1.28. The van der Waals surface area contributed by atoms with Crippen molar-refractivity contribution < 1.29 is 14.3 Å². The summed E-state index contributed by atoms with van der Waals surface area (Å²) in [7, 11) is 0. The Morgan fingerprint density at radius 3 is 2.38 bits per heavy atom. The number of aromatic nitrogens is 3. The van der Waals surface area contributed by atoms with Crippen LogP contribution < -0.4 is 5.32 Å².